The van der Waals surface area contributed by atoms with Crippen molar-refractivity contribution in [3.05, 3.63) is 115 Å². The van der Waals surface area contributed by atoms with Gasteiger partial charge in [0.2, 0.25) is 0 Å². The number of fused-ring (bicyclic) bond motifs is 1. The highest BCUT2D eigenvalue weighted by Gasteiger charge is 2.22. The minimum atomic E-state index is -0.686. The Morgan fingerprint density at radius 2 is 1.62 bits per heavy atom. The van der Waals surface area contributed by atoms with E-state index in [-0.39, 0.29) is 17.0 Å². The summed E-state index contributed by atoms with van der Waals surface area (Å²) in [5, 5.41) is 9.69. The Labute approximate surface area is 243 Å². The highest BCUT2D eigenvalue weighted by atomic mass is 19.1. The number of carbonyl (C=O) groups is 2. The van der Waals surface area contributed by atoms with Gasteiger partial charge in [0, 0.05) is 53.2 Å². The van der Waals surface area contributed by atoms with Crippen LogP contribution in [0.5, 0.6) is 11.5 Å². The molecule has 0 aliphatic rings. The Hall–Kier alpha value is -5.31. The number of benzene rings is 2. The number of aromatic nitrogens is 3. The number of halogens is 1. The van der Waals surface area contributed by atoms with Crippen molar-refractivity contribution in [2.45, 2.75) is 34.1 Å². The summed E-state index contributed by atoms with van der Waals surface area (Å²) in [7, 11) is 0. The van der Waals surface area contributed by atoms with E-state index in [9.17, 15) is 9.59 Å². The third kappa shape index (κ3) is 6.69. The Bertz CT molecular complexity index is 1720. The summed E-state index contributed by atoms with van der Waals surface area (Å²) >= 11 is 0. The van der Waals surface area contributed by atoms with E-state index in [4.69, 9.17) is 4.74 Å². The van der Waals surface area contributed by atoms with E-state index in [1.54, 1.807) is 66.6 Å². The molecular formula is C33H32FN5O3. The van der Waals surface area contributed by atoms with Crippen molar-refractivity contribution in [1.82, 2.24) is 14.6 Å². The van der Waals surface area contributed by atoms with E-state index in [1.165, 1.54) is 12.1 Å². The number of carbonyl (C=O) groups excluding carboxylic acids is 2. The molecule has 9 heteroatoms. The number of pyridine rings is 1. The van der Waals surface area contributed by atoms with Crippen LogP contribution < -0.4 is 15.4 Å². The number of hydrogen-bond acceptors (Lipinski definition) is 5. The van der Waals surface area contributed by atoms with Gasteiger partial charge >= 0.3 is 0 Å². The zero-order chi connectivity index (χ0) is 30.1. The molecule has 0 aliphatic carbocycles. The van der Waals surface area contributed by atoms with Gasteiger partial charge in [-0.05, 0) is 49.7 Å². The fourth-order valence-corrected chi connectivity index (χ4v) is 4.21. The average Bonchev–Trinajstić information content (AvgIpc) is 3.46. The standard InChI is InChI=1S/C31H26FN5O3.C2H6/c1-3-20(2)28(30(38)35-22-9-5-4-6-10-22)31(39)36-23-11-12-26(25(32)18-23)40-27-13-16-34-37-17-14-24(29(27)37)21-8-7-15-33-19-21;1-2/h4-19H,3H2,1-2H3,(H,35,38)(H,36,39);1-2H3/b28-20+;. The van der Waals surface area contributed by atoms with Gasteiger partial charge in [-0.15, -0.1) is 0 Å². The number of allylic oxidation sites excluding steroid dienone is 1. The first-order valence-electron chi connectivity index (χ1n) is 13.7. The second-order valence-electron chi connectivity index (χ2n) is 8.99. The van der Waals surface area contributed by atoms with Crippen molar-refractivity contribution < 1.29 is 18.7 Å². The van der Waals surface area contributed by atoms with Crippen molar-refractivity contribution in [2.24, 2.45) is 0 Å². The van der Waals surface area contributed by atoms with Crippen LogP contribution in [0.1, 0.15) is 34.1 Å². The van der Waals surface area contributed by atoms with E-state index in [0.29, 0.717) is 28.9 Å². The molecule has 0 saturated carbocycles. The van der Waals surface area contributed by atoms with Crippen molar-refractivity contribution in [2.75, 3.05) is 10.6 Å². The maximum atomic E-state index is 15.2. The third-order valence-electron chi connectivity index (χ3n) is 6.34. The zero-order valence-corrected chi connectivity index (χ0v) is 23.9. The molecule has 0 atom stereocenters. The fraction of sp³-hybridized carbons (Fsp3) is 0.152. The van der Waals surface area contributed by atoms with Gasteiger partial charge in [0.1, 0.15) is 11.1 Å². The monoisotopic (exact) mass is 565 g/mol. The van der Waals surface area contributed by atoms with Gasteiger partial charge in [-0.1, -0.05) is 50.6 Å². The van der Waals surface area contributed by atoms with Gasteiger partial charge in [-0.25, -0.2) is 8.91 Å². The molecule has 3 aromatic heterocycles. The molecule has 0 unspecified atom stereocenters. The van der Waals surface area contributed by atoms with E-state index in [0.717, 1.165) is 17.2 Å². The second kappa shape index (κ2) is 13.8. The normalized spacial score (nSPS) is 11.2. The second-order valence-corrected chi connectivity index (χ2v) is 8.99. The summed E-state index contributed by atoms with van der Waals surface area (Å²) in [6, 6.07) is 20.2. The lowest BCUT2D eigenvalue weighted by molar-refractivity contribution is -0.118. The number of hydrogen-bond donors (Lipinski definition) is 2. The van der Waals surface area contributed by atoms with E-state index in [1.807, 2.05) is 45.0 Å². The average molecular weight is 566 g/mol. The molecule has 0 fully saturated rings. The van der Waals surface area contributed by atoms with Crippen LogP contribution in [0.25, 0.3) is 16.6 Å². The van der Waals surface area contributed by atoms with Crippen LogP contribution in [0.4, 0.5) is 15.8 Å². The summed E-state index contributed by atoms with van der Waals surface area (Å²) in [4.78, 5) is 30.2. The van der Waals surface area contributed by atoms with Crippen LogP contribution in [0.3, 0.4) is 0 Å². The van der Waals surface area contributed by atoms with Gasteiger partial charge in [0.15, 0.2) is 17.3 Å². The molecule has 5 rings (SSSR count). The van der Waals surface area contributed by atoms with E-state index in [2.05, 4.69) is 20.7 Å². The van der Waals surface area contributed by atoms with Crippen LogP contribution in [0, 0.1) is 5.82 Å². The third-order valence-corrected chi connectivity index (χ3v) is 6.34. The van der Waals surface area contributed by atoms with Crippen LogP contribution >= 0.6 is 0 Å². The Kier molecular flexibility index (Phi) is 9.78. The van der Waals surface area contributed by atoms with Crippen molar-refractivity contribution in [3.8, 4) is 22.6 Å². The highest BCUT2D eigenvalue weighted by Crippen LogP contribution is 2.35. The van der Waals surface area contributed by atoms with Crippen molar-refractivity contribution in [3.63, 3.8) is 0 Å². The number of nitrogens with zero attached hydrogens (tertiary/aromatic N) is 3. The molecule has 5 aromatic rings. The first-order chi connectivity index (χ1) is 20.4. The number of para-hydroxylation sites is 1. The van der Waals surface area contributed by atoms with E-state index >= 15 is 4.39 Å². The quantitative estimate of drug-likeness (QED) is 0.114. The Morgan fingerprint density at radius 1 is 0.881 bits per heavy atom. The molecule has 214 valence electrons. The smallest absolute Gasteiger partial charge is 0.261 e. The molecule has 0 spiro atoms. The largest absolute Gasteiger partial charge is 0.452 e. The van der Waals surface area contributed by atoms with Crippen LogP contribution in [0.15, 0.2) is 109 Å². The minimum Gasteiger partial charge on any atom is -0.452 e. The molecule has 0 aliphatic heterocycles. The maximum absolute atomic E-state index is 15.2. The topological polar surface area (TPSA) is 97.6 Å². The Balaban J connectivity index is 0.00000198. The number of nitrogens with one attached hydrogen (secondary N) is 2. The van der Waals surface area contributed by atoms with Gasteiger partial charge in [0.25, 0.3) is 11.8 Å². The summed E-state index contributed by atoms with van der Waals surface area (Å²) in [5.74, 6) is -1.50. The molecule has 0 radical (unpaired) electrons. The number of amides is 2. The SMILES string of the molecule is CC.CC/C(C)=C(\C(=O)Nc1ccccc1)C(=O)Nc1ccc(Oc2ccnn3ccc(-c4cccnc4)c23)c(F)c1. The number of ether oxygens (including phenoxy) is 1. The molecular weight excluding hydrogens is 533 g/mol. The molecule has 0 saturated heterocycles. The Morgan fingerprint density at radius 3 is 2.29 bits per heavy atom. The van der Waals surface area contributed by atoms with Gasteiger partial charge in [0.05, 0.1) is 6.20 Å². The molecule has 3 heterocycles. The van der Waals surface area contributed by atoms with Crippen LogP contribution in [-0.2, 0) is 9.59 Å². The summed E-state index contributed by atoms with van der Waals surface area (Å²) in [5.41, 5.74) is 3.67. The predicted octanol–water partition coefficient (Wildman–Crippen LogP) is 7.66. The summed E-state index contributed by atoms with van der Waals surface area (Å²) in [6.45, 7) is 7.57. The van der Waals surface area contributed by atoms with E-state index < -0.39 is 17.6 Å². The first kappa shape index (κ1) is 29.7. The van der Waals surface area contributed by atoms with Crippen LogP contribution in [-0.4, -0.2) is 26.4 Å². The molecule has 2 aromatic carbocycles. The maximum Gasteiger partial charge on any atom is 0.261 e. The molecule has 42 heavy (non-hydrogen) atoms. The number of rotatable bonds is 8. The van der Waals surface area contributed by atoms with Gasteiger partial charge < -0.3 is 15.4 Å². The lowest BCUT2D eigenvalue weighted by Gasteiger charge is -2.14. The molecule has 0 bridgehead atoms. The summed E-state index contributed by atoms with van der Waals surface area (Å²) in [6.07, 6.45) is 7.26. The highest BCUT2D eigenvalue weighted by molar-refractivity contribution is 6.26. The number of anilines is 2. The predicted molar refractivity (Wildman–Crippen MR) is 163 cm³/mol. The molecule has 2 amide bonds. The summed E-state index contributed by atoms with van der Waals surface area (Å²) < 4.78 is 22.8. The fourth-order valence-electron chi connectivity index (χ4n) is 4.21. The zero-order valence-electron chi connectivity index (χ0n) is 23.9. The molecule has 8 nitrogen and oxygen atoms in total. The van der Waals surface area contributed by atoms with Crippen LogP contribution in [0.2, 0.25) is 0 Å². The van der Waals surface area contributed by atoms with Gasteiger partial charge in [-0.3, -0.25) is 14.6 Å². The minimum absolute atomic E-state index is 0.0255. The molecule has 2 N–H and O–H groups in total. The van der Waals surface area contributed by atoms with Crippen molar-refractivity contribution in [1.29, 1.82) is 0 Å². The van der Waals surface area contributed by atoms with Crippen molar-refractivity contribution >= 4 is 28.7 Å². The lowest BCUT2D eigenvalue weighted by Crippen LogP contribution is -2.26. The first-order valence-corrected chi connectivity index (χ1v) is 13.7. The van der Waals surface area contributed by atoms with Gasteiger partial charge in [-0.2, -0.15) is 5.10 Å². The lowest BCUT2D eigenvalue weighted by atomic mass is 10.1.